The van der Waals surface area contributed by atoms with E-state index in [1.54, 1.807) is 12.1 Å². The van der Waals surface area contributed by atoms with Crippen molar-refractivity contribution < 1.29 is 22.4 Å². The number of halogens is 3. The second-order valence-corrected chi connectivity index (χ2v) is 3.58. The standard InChI is InChI=1S/C13H8F3NO2/c14-9-6-11(16)12(7-10(9)15)17-13(18)4-3-8-2-1-5-19-8/h1-7H,(H,17,18)/b4-3+. The first-order valence-electron chi connectivity index (χ1n) is 5.23. The molecule has 6 heteroatoms. The van der Waals surface area contributed by atoms with Gasteiger partial charge in [0, 0.05) is 18.2 Å². The Labute approximate surface area is 106 Å². The molecule has 0 aliphatic carbocycles. The molecule has 98 valence electrons. The summed E-state index contributed by atoms with van der Waals surface area (Å²) in [6.45, 7) is 0. The van der Waals surface area contributed by atoms with Crippen LogP contribution in [0.2, 0.25) is 0 Å². The summed E-state index contributed by atoms with van der Waals surface area (Å²) in [5.41, 5.74) is -0.437. The highest BCUT2D eigenvalue weighted by atomic mass is 19.2. The van der Waals surface area contributed by atoms with E-state index >= 15 is 0 Å². The molecule has 0 unspecified atom stereocenters. The monoisotopic (exact) mass is 267 g/mol. The zero-order chi connectivity index (χ0) is 13.8. The van der Waals surface area contributed by atoms with Crippen LogP contribution < -0.4 is 5.32 Å². The van der Waals surface area contributed by atoms with Crippen LogP contribution in [0.1, 0.15) is 5.76 Å². The minimum atomic E-state index is -1.32. The number of anilines is 1. The molecular formula is C13H8F3NO2. The number of carbonyl (C=O) groups excluding carboxylic acids is 1. The Hall–Kier alpha value is -2.50. The van der Waals surface area contributed by atoms with Crippen LogP contribution in [-0.4, -0.2) is 5.91 Å². The van der Waals surface area contributed by atoms with Gasteiger partial charge in [-0.3, -0.25) is 4.79 Å². The summed E-state index contributed by atoms with van der Waals surface area (Å²) >= 11 is 0. The predicted octanol–water partition coefficient (Wildman–Crippen LogP) is 3.35. The number of hydrogen-bond acceptors (Lipinski definition) is 2. The third kappa shape index (κ3) is 3.25. The number of amides is 1. The first kappa shape index (κ1) is 12.9. The van der Waals surface area contributed by atoms with Crippen molar-refractivity contribution in [2.45, 2.75) is 0 Å². The van der Waals surface area contributed by atoms with Crippen LogP contribution in [0.3, 0.4) is 0 Å². The quantitative estimate of drug-likeness (QED) is 0.684. The number of furan rings is 1. The van der Waals surface area contributed by atoms with Crippen molar-refractivity contribution in [1.82, 2.24) is 0 Å². The van der Waals surface area contributed by atoms with Crippen LogP contribution >= 0.6 is 0 Å². The largest absolute Gasteiger partial charge is 0.465 e. The smallest absolute Gasteiger partial charge is 0.248 e. The van der Waals surface area contributed by atoms with Gasteiger partial charge in [-0.05, 0) is 18.2 Å². The summed E-state index contributed by atoms with van der Waals surface area (Å²) in [5.74, 6) is -3.88. The summed E-state index contributed by atoms with van der Waals surface area (Å²) in [6, 6.07) is 4.18. The zero-order valence-corrected chi connectivity index (χ0v) is 9.49. The molecule has 1 N–H and O–H groups in total. The molecule has 2 aromatic rings. The molecule has 1 aromatic carbocycles. The van der Waals surface area contributed by atoms with Crippen molar-refractivity contribution in [2.75, 3.05) is 5.32 Å². The van der Waals surface area contributed by atoms with E-state index in [2.05, 4.69) is 5.32 Å². The lowest BCUT2D eigenvalue weighted by Crippen LogP contribution is -2.10. The normalized spacial score (nSPS) is 10.9. The van der Waals surface area contributed by atoms with Gasteiger partial charge in [0.25, 0.3) is 0 Å². The van der Waals surface area contributed by atoms with E-state index < -0.39 is 29.0 Å². The summed E-state index contributed by atoms with van der Waals surface area (Å²) in [7, 11) is 0. The summed E-state index contributed by atoms with van der Waals surface area (Å²) < 4.78 is 43.8. The molecule has 0 fully saturated rings. The molecule has 0 aliphatic heterocycles. The molecule has 1 aromatic heterocycles. The topological polar surface area (TPSA) is 42.2 Å². The fraction of sp³-hybridized carbons (Fsp3) is 0. The molecule has 0 radical (unpaired) electrons. The molecule has 0 aliphatic rings. The zero-order valence-electron chi connectivity index (χ0n) is 9.49. The van der Waals surface area contributed by atoms with Gasteiger partial charge in [-0.25, -0.2) is 13.2 Å². The fourth-order valence-electron chi connectivity index (χ4n) is 1.34. The van der Waals surface area contributed by atoms with Gasteiger partial charge in [-0.2, -0.15) is 0 Å². The molecule has 1 amide bonds. The van der Waals surface area contributed by atoms with Crippen LogP contribution in [-0.2, 0) is 4.79 Å². The van der Waals surface area contributed by atoms with E-state index in [0.29, 0.717) is 17.9 Å². The van der Waals surface area contributed by atoms with Crippen molar-refractivity contribution in [3.8, 4) is 0 Å². The molecular weight excluding hydrogens is 259 g/mol. The maximum absolute atomic E-state index is 13.2. The summed E-state index contributed by atoms with van der Waals surface area (Å²) in [6.07, 6.45) is 3.86. The first-order valence-corrected chi connectivity index (χ1v) is 5.23. The van der Waals surface area contributed by atoms with Gasteiger partial charge in [0.05, 0.1) is 12.0 Å². The maximum atomic E-state index is 13.2. The fourth-order valence-corrected chi connectivity index (χ4v) is 1.34. The highest BCUT2D eigenvalue weighted by molar-refractivity contribution is 6.01. The van der Waals surface area contributed by atoms with Crippen LogP contribution in [0.25, 0.3) is 6.08 Å². The van der Waals surface area contributed by atoms with Crippen LogP contribution in [0, 0.1) is 17.5 Å². The Bertz CT molecular complexity index is 621. The average molecular weight is 267 g/mol. The molecule has 0 saturated heterocycles. The lowest BCUT2D eigenvalue weighted by Gasteiger charge is -2.04. The van der Waals surface area contributed by atoms with Gasteiger partial charge in [0.15, 0.2) is 11.6 Å². The Morgan fingerprint density at radius 1 is 1.16 bits per heavy atom. The third-order valence-corrected chi connectivity index (χ3v) is 2.21. The Balaban J connectivity index is 2.09. The van der Waals surface area contributed by atoms with E-state index in [9.17, 15) is 18.0 Å². The van der Waals surface area contributed by atoms with E-state index in [1.807, 2.05) is 0 Å². The van der Waals surface area contributed by atoms with Gasteiger partial charge in [-0.15, -0.1) is 0 Å². The van der Waals surface area contributed by atoms with Crippen LogP contribution in [0.15, 0.2) is 41.0 Å². The number of benzene rings is 1. The predicted molar refractivity (Wildman–Crippen MR) is 62.7 cm³/mol. The third-order valence-electron chi connectivity index (χ3n) is 2.21. The van der Waals surface area contributed by atoms with Crippen LogP contribution in [0.5, 0.6) is 0 Å². The minimum Gasteiger partial charge on any atom is -0.465 e. The number of rotatable bonds is 3. The van der Waals surface area contributed by atoms with Gasteiger partial charge in [0.1, 0.15) is 11.6 Å². The molecule has 0 bridgehead atoms. The summed E-state index contributed by atoms with van der Waals surface area (Å²) in [5, 5.41) is 2.09. The molecule has 0 saturated carbocycles. The average Bonchev–Trinajstić information content (AvgIpc) is 2.86. The lowest BCUT2D eigenvalue weighted by atomic mass is 10.2. The Morgan fingerprint density at radius 2 is 1.89 bits per heavy atom. The molecule has 2 rings (SSSR count). The second-order valence-electron chi connectivity index (χ2n) is 3.58. The Kier molecular flexibility index (Phi) is 3.70. The molecule has 3 nitrogen and oxygen atoms in total. The minimum absolute atomic E-state index is 0.362. The number of hydrogen-bond donors (Lipinski definition) is 1. The van der Waals surface area contributed by atoms with Crippen molar-refractivity contribution in [1.29, 1.82) is 0 Å². The SMILES string of the molecule is O=C(/C=C/c1ccco1)Nc1cc(F)c(F)cc1F. The van der Waals surface area contributed by atoms with Crippen molar-refractivity contribution in [2.24, 2.45) is 0 Å². The van der Waals surface area contributed by atoms with Gasteiger partial charge in [0.2, 0.25) is 5.91 Å². The summed E-state index contributed by atoms with van der Waals surface area (Å²) in [4.78, 5) is 11.4. The van der Waals surface area contributed by atoms with Crippen molar-refractivity contribution in [3.63, 3.8) is 0 Å². The second kappa shape index (κ2) is 5.43. The highest BCUT2D eigenvalue weighted by Gasteiger charge is 2.11. The van der Waals surface area contributed by atoms with Crippen molar-refractivity contribution in [3.05, 3.63) is 59.8 Å². The van der Waals surface area contributed by atoms with Crippen LogP contribution in [0.4, 0.5) is 18.9 Å². The van der Waals surface area contributed by atoms with E-state index in [0.717, 1.165) is 6.08 Å². The number of nitrogens with one attached hydrogen (secondary N) is 1. The number of carbonyl (C=O) groups is 1. The van der Waals surface area contributed by atoms with Crippen molar-refractivity contribution >= 4 is 17.7 Å². The molecule has 1 heterocycles. The molecule has 0 atom stereocenters. The van der Waals surface area contributed by atoms with Gasteiger partial charge >= 0.3 is 0 Å². The van der Waals surface area contributed by atoms with Gasteiger partial charge in [-0.1, -0.05) is 0 Å². The van der Waals surface area contributed by atoms with E-state index in [4.69, 9.17) is 4.42 Å². The molecule has 19 heavy (non-hydrogen) atoms. The Morgan fingerprint density at radius 3 is 2.58 bits per heavy atom. The van der Waals surface area contributed by atoms with E-state index in [1.165, 1.54) is 12.3 Å². The van der Waals surface area contributed by atoms with E-state index in [-0.39, 0.29) is 0 Å². The van der Waals surface area contributed by atoms with Gasteiger partial charge < -0.3 is 9.73 Å². The molecule has 0 spiro atoms. The highest BCUT2D eigenvalue weighted by Crippen LogP contribution is 2.18. The maximum Gasteiger partial charge on any atom is 0.248 e. The lowest BCUT2D eigenvalue weighted by molar-refractivity contribution is -0.111. The first-order chi connectivity index (χ1) is 9.06.